The standard InChI is InChI=1S/C17H20O/c1-12-10-15(13-6-2-3-7-13)17(18)16(11-12)14-8-4-5-9-14/h6,8,10-11,18H,2-5,7,9H2,1H3. The molecule has 0 amide bonds. The molecule has 0 heterocycles. The van der Waals surface area contributed by atoms with Crippen LogP contribution in [-0.2, 0) is 0 Å². The number of aromatic hydroxyl groups is 1. The molecule has 0 unspecified atom stereocenters. The van der Waals surface area contributed by atoms with Gasteiger partial charge < -0.3 is 5.11 Å². The minimum Gasteiger partial charge on any atom is -0.507 e. The van der Waals surface area contributed by atoms with Crippen molar-refractivity contribution in [1.29, 1.82) is 0 Å². The number of aryl methyl sites for hydroxylation is 1. The van der Waals surface area contributed by atoms with E-state index in [-0.39, 0.29) is 0 Å². The van der Waals surface area contributed by atoms with Gasteiger partial charge in [0.15, 0.2) is 0 Å². The van der Waals surface area contributed by atoms with E-state index in [1.807, 2.05) is 0 Å². The average molecular weight is 240 g/mol. The second-order valence-electron chi connectivity index (χ2n) is 5.45. The quantitative estimate of drug-likeness (QED) is 0.784. The molecule has 0 fully saturated rings. The van der Waals surface area contributed by atoms with Crippen molar-refractivity contribution in [3.05, 3.63) is 41.0 Å². The fourth-order valence-electron chi connectivity index (χ4n) is 3.10. The maximum atomic E-state index is 10.6. The molecule has 0 aliphatic heterocycles. The molecular weight excluding hydrogens is 220 g/mol. The number of benzene rings is 1. The van der Waals surface area contributed by atoms with Crippen LogP contribution in [0.3, 0.4) is 0 Å². The number of allylic oxidation sites excluding steroid dienone is 4. The molecule has 1 N–H and O–H groups in total. The smallest absolute Gasteiger partial charge is 0.130 e. The van der Waals surface area contributed by atoms with Crippen molar-refractivity contribution in [2.75, 3.05) is 0 Å². The Hall–Kier alpha value is -1.50. The summed E-state index contributed by atoms with van der Waals surface area (Å²) in [4.78, 5) is 0. The van der Waals surface area contributed by atoms with Crippen LogP contribution in [-0.4, -0.2) is 5.11 Å². The van der Waals surface area contributed by atoms with Gasteiger partial charge in [0.2, 0.25) is 0 Å². The first kappa shape index (κ1) is 11.6. The lowest BCUT2D eigenvalue weighted by atomic mass is 9.94. The van der Waals surface area contributed by atoms with Crippen molar-refractivity contribution in [3.63, 3.8) is 0 Å². The minimum absolute atomic E-state index is 0.502. The van der Waals surface area contributed by atoms with Gasteiger partial charge in [0.05, 0.1) is 0 Å². The molecule has 1 aromatic rings. The highest BCUT2D eigenvalue weighted by Gasteiger charge is 2.18. The van der Waals surface area contributed by atoms with Crippen LogP contribution < -0.4 is 0 Å². The third-order valence-electron chi connectivity index (χ3n) is 4.03. The van der Waals surface area contributed by atoms with Gasteiger partial charge in [-0.3, -0.25) is 0 Å². The monoisotopic (exact) mass is 240 g/mol. The van der Waals surface area contributed by atoms with E-state index in [4.69, 9.17) is 0 Å². The Kier molecular flexibility index (Phi) is 2.99. The van der Waals surface area contributed by atoms with Crippen LogP contribution in [0.15, 0.2) is 24.3 Å². The molecule has 18 heavy (non-hydrogen) atoms. The van der Waals surface area contributed by atoms with Crippen LogP contribution >= 0.6 is 0 Å². The van der Waals surface area contributed by atoms with E-state index < -0.39 is 0 Å². The van der Waals surface area contributed by atoms with E-state index in [1.54, 1.807) is 0 Å². The molecule has 3 rings (SSSR count). The molecule has 2 aliphatic rings. The molecule has 0 saturated carbocycles. The Bertz CT molecular complexity index is 490. The molecule has 0 aromatic heterocycles. The van der Waals surface area contributed by atoms with Gasteiger partial charge in [-0.05, 0) is 74.3 Å². The van der Waals surface area contributed by atoms with Gasteiger partial charge in [-0.25, -0.2) is 0 Å². The highest BCUT2D eigenvalue weighted by atomic mass is 16.3. The summed E-state index contributed by atoms with van der Waals surface area (Å²) in [6.45, 7) is 2.12. The Balaban J connectivity index is 2.09. The molecule has 1 heteroatoms. The summed E-state index contributed by atoms with van der Waals surface area (Å²) < 4.78 is 0. The molecule has 0 bridgehead atoms. The number of rotatable bonds is 2. The third-order valence-corrected chi connectivity index (χ3v) is 4.03. The van der Waals surface area contributed by atoms with Gasteiger partial charge in [-0.1, -0.05) is 12.2 Å². The Morgan fingerprint density at radius 2 is 1.39 bits per heavy atom. The second kappa shape index (κ2) is 4.64. The summed E-state index contributed by atoms with van der Waals surface area (Å²) in [6, 6.07) is 4.26. The van der Waals surface area contributed by atoms with Gasteiger partial charge >= 0.3 is 0 Å². The summed E-state index contributed by atoms with van der Waals surface area (Å²) in [6.07, 6.45) is 11.5. The normalized spacial score (nSPS) is 18.9. The predicted molar refractivity (Wildman–Crippen MR) is 76.5 cm³/mol. The molecule has 0 radical (unpaired) electrons. The van der Waals surface area contributed by atoms with Gasteiger partial charge in [0, 0.05) is 11.1 Å². The lowest BCUT2D eigenvalue weighted by molar-refractivity contribution is 0.471. The largest absolute Gasteiger partial charge is 0.507 e. The lowest BCUT2D eigenvalue weighted by Gasteiger charge is -2.13. The molecule has 1 aromatic carbocycles. The van der Waals surface area contributed by atoms with Crippen LogP contribution in [0.2, 0.25) is 0 Å². The molecule has 1 nitrogen and oxygen atoms in total. The van der Waals surface area contributed by atoms with Crippen molar-refractivity contribution < 1.29 is 5.11 Å². The van der Waals surface area contributed by atoms with Crippen molar-refractivity contribution >= 4 is 11.1 Å². The van der Waals surface area contributed by atoms with E-state index in [0.717, 1.165) is 36.8 Å². The van der Waals surface area contributed by atoms with Gasteiger partial charge in [-0.15, -0.1) is 0 Å². The maximum absolute atomic E-state index is 10.6. The lowest BCUT2D eigenvalue weighted by Crippen LogP contribution is -1.91. The summed E-state index contributed by atoms with van der Waals surface area (Å²) in [5, 5.41) is 10.6. The van der Waals surface area contributed by atoms with Crippen LogP contribution in [0.4, 0.5) is 0 Å². The number of phenols is 1. The first-order valence-electron chi connectivity index (χ1n) is 6.98. The summed E-state index contributed by atoms with van der Waals surface area (Å²) in [7, 11) is 0. The van der Waals surface area contributed by atoms with Crippen molar-refractivity contribution in [2.24, 2.45) is 0 Å². The van der Waals surface area contributed by atoms with Crippen molar-refractivity contribution in [2.45, 2.75) is 45.4 Å². The van der Waals surface area contributed by atoms with Gasteiger partial charge in [-0.2, -0.15) is 0 Å². The summed E-state index contributed by atoms with van der Waals surface area (Å²) in [5.41, 5.74) is 6.04. The number of hydrogen-bond acceptors (Lipinski definition) is 1. The topological polar surface area (TPSA) is 20.2 Å². The molecular formula is C17H20O. The highest BCUT2D eigenvalue weighted by Crippen LogP contribution is 2.41. The molecule has 0 saturated heterocycles. The summed E-state index contributed by atoms with van der Waals surface area (Å²) in [5.74, 6) is 0.502. The highest BCUT2D eigenvalue weighted by molar-refractivity contribution is 5.81. The molecule has 0 spiro atoms. The van der Waals surface area contributed by atoms with Gasteiger partial charge in [0.25, 0.3) is 0 Å². The summed E-state index contributed by atoms with van der Waals surface area (Å²) >= 11 is 0. The average Bonchev–Trinajstić information content (AvgIpc) is 3.02. The van der Waals surface area contributed by atoms with E-state index >= 15 is 0 Å². The fraction of sp³-hybridized carbons (Fsp3) is 0.412. The number of phenolic OH excluding ortho intramolecular Hbond substituents is 1. The first-order chi connectivity index (χ1) is 8.75. The van der Waals surface area contributed by atoms with Crippen LogP contribution in [0.1, 0.15) is 55.2 Å². The maximum Gasteiger partial charge on any atom is 0.130 e. The third kappa shape index (κ3) is 1.98. The van der Waals surface area contributed by atoms with E-state index in [0.29, 0.717) is 5.75 Å². The van der Waals surface area contributed by atoms with E-state index in [1.165, 1.54) is 29.6 Å². The first-order valence-corrected chi connectivity index (χ1v) is 6.98. The van der Waals surface area contributed by atoms with Crippen LogP contribution in [0.25, 0.3) is 11.1 Å². The van der Waals surface area contributed by atoms with Crippen LogP contribution in [0, 0.1) is 6.92 Å². The Morgan fingerprint density at radius 3 is 1.78 bits per heavy atom. The number of hydrogen-bond donors (Lipinski definition) is 1. The van der Waals surface area contributed by atoms with Gasteiger partial charge in [0.1, 0.15) is 5.75 Å². The SMILES string of the molecule is Cc1cc(C2=CCCC2)c(O)c(C2=CCCC2)c1. The second-order valence-corrected chi connectivity index (χ2v) is 5.45. The van der Waals surface area contributed by atoms with Crippen molar-refractivity contribution in [3.8, 4) is 5.75 Å². The molecule has 2 aliphatic carbocycles. The minimum atomic E-state index is 0.502. The van der Waals surface area contributed by atoms with E-state index in [2.05, 4.69) is 31.2 Å². The Labute approximate surface area is 109 Å². The van der Waals surface area contributed by atoms with Crippen molar-refractivity contribution in [1.82, 2.24) is 0 Å². The molecule has 94 valence electrons. The zero-order chi connectivity index (χ0) is 12.5. The Morgan fingerprint density at radius 1 is 0.889 bits per heavy atom. The zero-order valence-corrected chi connectivity index (χ0v) is 11.0. The fourth-order valence-corrected chi connectivity index (χ4v) is 3.10. The predicted octanol–water partition coefficient (Wildman–Crippen LogP) is 4.84. The molecule has 0 atom stereocenters. The van der Waals surface area contributed by atoms with Crippen LogP contribution in [0.5, 0.6) is 5.75 Å². The zero-order valence-electron chi connectivity index (χ0n) is 11.0. The van der Waals surface area contributed by atoms with E-state index in [9.17, 15) is 5.11 Å².